The third-order valence-electron chi connectivity index (χ3n) is 3.73. The molecule has 0 unspecified atom stereocenters. The number of halogens is 2. The summed E-state index contributed by atoms with van der Waals surface area (Å²) in [5, 5.41) is 0. The van der Waals surface area contributed by atoms with E-state index in [-0.39, 0.29) is 0 Å². The fourth-order valence-electron chi connectivity index (χ4n) is 2.86. The highest BCUT2D eigenvalue weighted by Gasteiger charge is 2.15. The van der Waals surface area contributed by atoms with Crippen LogP contribution in [0.4, 0.5) is 8.78 Å². The molecule has 0 heterocycles. The van der Waals surface area contributed by atoms with Crippen molar-refractivity contribution in [2.75, 3.05) is 0 Å². The first-order chi connectivity index (χ1) is 9.71. The third kappa shape index (κ3) is 2.26. The van der Waals surface area contributed by atoms with Gasteiger partial charge in [-0.15, -0.1) is 0 Å². The average molecular weight is 270 g/mol. The van der Waals surface area contributed by atoms with Crippen molar-refractivity contribution in [2.24, 2.45) is 0 Å². The lowest BCUT2D eigenvalue weighted by Gasteiger charge is -2.10. The molecule has 2 aromatic carbocycles. The van der Waals surface area contributed by atoms with Crippen molar-refractivity contribution < 1.29 is 8.78 Å². The second-order valence-corrected chi connectivity index (χ2v) is 5.35. The Kier molecular flexibility index (Phi) is 3.39. The molecular formula is C18H16F2. The topological polar surface area (TPSA) is 0 Å². The molecule has 0 nitrogen and oxygen atoms in total. The summed E-state index contributed by atoms with van der Waals surface area (Å²) in [5.74, 6) is 0. The van der Waals surface area contributed by atoms with Crippen molar-refractivity contribution >= 4 is 6.08 Å². The molecular weight excluding hydrogens is 254 g/mol. The molecule has 1 aliphatic rings. The van der Waals surface area contributed by atoms with Crippen LogP contribution in [0.1, 0.15) is 29.2 Å². The van der Waals surface area contributed by atoms with Gasteiger partial charge in [-0.05, 0) is 58.9 Å². The monoisotopic (exact) mass is 270 g/mol. The summed E-state index contributed by atoms with van der Waals surface area (Å²) in [6.07, 6.45) is 3.13. The Morgan fingerprint density at radius 3 is 2.35 bits per heavy atom. The van der Waals surface area contributed by atoms with Gasteiger partial charge in [0.05, 0.1) is 0 Å². The molecule has 0 saturated heterocycles. The van der Waals surface area contributed by atoms with E-state index in [1.807, 2.05) is 24.3 Å². The van der Waals surface area contributed by atoms with Gasteiger partial charge in [-0.1, -0.05) is 35.9 Å². The fraction of sp³-hybridized carbons (Fsp3) is 0.222. The lowest BCUT2D eigenvalue weighted by molar-refractivity contribution is 0.475. The average Bonchev–Trinajstić information content (AvgIpc) is 2.86. The molecule has 102 valence electrons. The van der Waals surface area contributed by atoms with Gasteiger partial charge in [0.2, 0.25) is 0 Å². The quantitative estimate of drug-likeness (QED) is 0.714. The lowest BCUT2D eigenvalue weighted by Crippen LogP contribution is -1.91. The molecule has 0 saturated carbocycles. The number of hydrogen-bond donors (Lipinski definition) is 0. The van der Waals surface area contributed by atoms with Gasteiger partial charge in [0.15, 0.2) is 0 Å². The zero-order chi connectivity index (χ0) is 14.1. The van der Waals surface area contributed by atoms with E-state index in [1.165, 1.54) is 16.7 Å². The Morgan fingerprint density at radius 2 is 1.70 bits per heavy atom. The van der Waals surface area contributed by atoms with E-state index in [2.05, 4.69) is 19.1 Å². The zero-order valence-electron chi connectivity index (χ0n) is 11.4. The number of fused-ring (bicyclic) bond motifs is 1. The van der Waals surface area contributed by atoms with Gasteiger partial charge in [0, 0.05) is 0 Å². The van der Waals surface area contributed by atoms with Gasteiger partial charge in [0.1, 0.15) is 13.3 Å². The standard InChI is InChI=1S/C18H16F2/c1-12-5-15-3-2-4-17(18(15)6-12)16-8-13(10-19)7-14(9-16)11-20/h2-4,6-9H,5,10-11H2,1H3. The number of benzene rings is 2. The molecule has 0 N–H and O–H groups in total. The molecule has 2 heteroatoms. The number of alkyl halides is 2. The van der Waals surface area contributed by atoms with Gasteiger partial charge in [-0.3, -0.25) is 0 Å². The molecule has 0 spiro atoms. The Hall–Kier alpha value is -1.96. The van der Waals surface area contributed by atoms with Crippen LogP contribution in [0.3, 0.4) is 0 Å². The summed E-state index contributed by atoms with van der Waals surface area (Å²) in [6.45, 7) is 0.976. The Balaban J connectivity index is 2.17. The predicted octanol–water partition coefficient (Wildman–Crippen LogP) is 5.25. The van der Waals surface area contributed by atoms with E-state index < -0.39 is 13.3 Å². The first-order valence-electron chi connectivity index (χ1n) is 6.75. The van der Waals surface area contributed by atoms with Crippen LogP contribution in [0.25, 0.3) is 17.2 Å². The van der Waals surface area contributed by atoms with Crippen molar-refractivity contribution in [2.45, 2.75) is 26.7 Å². The highest BCUT2D eigenvalue weighted by atomic mass is 19.1. The summed E-state index contributed by atoms with van der Waals surface area (Å²) < 4.78 is 25.9. The van der Waals surface area contributed by atoms with Crippen molar-refractivity contribution in [3.63, 3.8) is 0 Å². The second kappa shape index (κ2) is 5.20. The van der Waals surface area contributed by atoms with Crippen LogP contribution in [0, 0.1) is 0 Å². The van der Waals surface area contributed by atoms with Crippen LogP contribution in [-0.2, 0) is 19.8 Å². The molecule has 0 aliphatic heterocycles. The smallest absolute Gasteiger partial charge is 0.115 e. The van der Waals surface area contributed by atoms with E-state index in [0.29, 0.717) is 11.1 Å². The Morgan fingerprint density at radius 1 is 1.00 bits per heavy atom. The molecule has 2 aromatic rings. The fourth-order valence-corrected chi connectivity index (χ4v) is 2.86. The predicted molar refractivity (Wildman–Crippen MR) is 78.9 cm³/mol. The molecule has 0 aromatic heterocycles. The second-order valence-electron chi connectivity index (χ2n) is 5.35. The first-order valence-corrected chi connectivity index (χ1v) is 6.75. The summed E-state index contributed by atoms with van der Waals surface area (Å²) >= 11 is 0. The van der Waals surface area contributed by atoms with Crippen molar-refractivity contribution in [3.8, 4) is 11.1 Å². The van der Waals surface area contributed by atoms with Crippen LogP contribution >= 0.6 is 0 Å². The SMILES string of the molecule is CC1=Cc2c(cccc2-c2cc(CF)cc(CF)c2)C1. The Bertz CT molecular complexity index is 662. The van der Waals surface area contributed by atoms with Crippen LogP contribution in [-0.4, -0.2) is 0 Å². The molecule has 20 heavy (non-hydrogen) atoms. The van der Waals surface area contributed by atoms with Gasteiger partial charge in [0.25, 0.3) is 0 Å². The minimum atomic E-state index is -0.565. The Labute approximate surface area is 117 Å². The van der Waals surface area contributed by atoms with E-state index >= 15 is 0 Å². The lowest BCUT2D eigenvalue weighted by atomic mass is 9.94. The number of allylic oxidation sites excluding steroid dienone is 1. The van der Waals surface area contributed by atoms with Crippen LogP contribution < -0.4 is 0 Å². The normalized spacial score (nSPS) is 13.2. The molecule has 3 rings (SSSR count). The van der Waals surface area contributed by atoms with Crippen LogP contribution in [0.2, 0.25) is 0 Å². The molecule has 0 amide bonds. The van der Waals surface area contributed by atoms with E-state index in [9.17, 15) is 8.78 Å². The minimum Gasteiger partial charge on any atom is -0.246 e. The van der Waals surface area contributed by atoms with Crippen molar-refractivity contribution in [1.82, 2.24) is 0 Å². The highest BCUT2D eigenvalue weighted by Crippen LogP contribution is 2.34. The molecule has 0 radical (unpaired) electrons. The van der Waals surface area contributed by atoms with Gasteiger partial charge < -0.3 is 0 Å². The summed E-state index contributed by atoms with van der Waals surface area (Å²) in [5.41, 5.74) is 6.82. The molecule has 0 bridgehead atoms. The zero-order valence-corrected chi connectivity index (χ0v) is 11.4. The van der Waals surface area contributed by atoms with Gasteiger partial charge >= 0.3 is 0 Å². The van der Waals surface area contributed by atoms with E-state index in [0.717, 1.165) is 17.5 Å². The van der Waals surface area contributed by atoms with Crippen molar-refractivity contribution in [3.05, 3.63) is 64.2 Å². The van der Waals surface area contributed by atoms with Gasteiger partial charge in [-0.25, -0.2) is 8.78 Å². The number of rotatable bonds is 3. The third-order valence-corrected chi connectivity index (χ3v) is 3.73. The maximum Gasteiger partial charge on any atom is 0.115 e. The summed E-state index contributed by atoms with van der Waals surface area (Å²) in [4.78, 5) is 0. The minimum absolute atomic E-state index is 0.534. The van der Waals surface area contributed by atoms with E-state index in [4.69, 9.17) is 0 Å². The molecule has 1 aliphatic carbocycles. The van der Waals surface area contributed by atoms with Crippen LogP contribution in [0.15, 0.2) is 42.0 Å². The van der Waals surface area contributed by atoms with E-state index in [1.54, 1.807) is 6.07 Å². The summed E-state index contributed by atoms with van der Waals surface area (Å²) in [6, 6.07) is 11.4. The van der Waals surface area contributed by atoms with Crippen LogP contribution in [0.5, 0.6) is 0 Å². The maximum absolute atomic E-state index is 12.9. The highest BCUT2D eigenvalue weighted by molar-refractivity contribution is 5.81. The number of hydrogen-bond acceptors (Lipinski definition) is 0. The largest absolute Gasteiger partial charge is 0.246 e. The maximum atomic E-state index is 12.9. The van der Waals surface area contributed by atoms with Gasteiger partial charge in [-0.2, -0.15) is 0 Å². The molecule has 0 atom stereocenters. The molecule has 0 fully saturated rings. The van der Waals surface area contributed by atoms with Crippen molar-refractivity contribution in [1.29, 1.82) is 0 Å². The summed E-state index contributed by atoms with van der Waals surface area (Å²) in [7, 11) is 0. The first kappa shape index (κ1) is 13.0.